The topological polar surface area (TPSA) is 27.1 Å². The van der Waals surface area contributed by atoms with Crippen LogP contribution < -0.4 is 4.74 Å². The van der Waals surface area contributed by atoms with E-state index in [4.69, 9.17) is 4.74 Å². The molecule has 0 fully saturated rings. The minimum absolute atomic E-state index is 0. The third-order valence-corrected chi connectivity index (χ3v) is 5.05. The quantitative estimate of drug-likeness (QED) is 0.401. The lowest BCUT2D eigenvalue weighted by atomic mass is 10.2. The Labute approximate surface area is 174 Å². The van der Waals surface area contributed by atoms with Gasteiger partial charge in [0.15, 0.2) is 0 Å². The molecule has 0 N–H and O–H groups in total. The second-order valence-electron chi connectivity index (χ2n) is 6.81. The lowest BCUT2D eigenvalue weighted by Crippen LogP contribution is -2.05. The largest absolute Gasteiger partial charge is 0.487 e. The predicted octanol–water partition coefficient (Wildman–Crippen LogP) is 5.98. The van der Waals surface area contributed by atoms with Gasteiger partial charge in [-0.1, -0.05) is 30.3 Å². The van der Waals surface area contributed by atoms with E-state index in [0.29, 0.717) is 24.5 Å². The smallest absolute Gasteiger partial charge is 0.147 e. The van der Waals surface area contributed by atoms with Crippen LogP contribution in [0.25, 0.3) is 11.0 Å². The molecule has 4 aromatic rings. The number of aromatic nitrogens is 2. The number of ether oxygens (including phenoxy) is 1. The van der Waals surface area contributed by atoms with Crippen LogP contribution in [0.15, 0.2) is 60.8 Å². The number of nitrogens with zero attached hydrogens (tertiary/aromatic N) is 2. The first-order chi connectivity index (χ1) is 13.5. The molecule has 0 spiro atoms. The minimum Gasteiger partial charge on any atom is -0.487 e. The Kier molecular flexibility index (Phi) is 6.18. The fourth-order valence-electron chi connectivity index (χ4n) is 3.37. The summed E-state index contributed by atoms with van der Waals surface area (Å²) in [7, 11) is 0. The Morgan fingerprint density at radius 1 is 0.966 bits per heavy atom. The fraction of sp³-hybridized carbons (Fsp3) is 0.174. The molecule has 0 aliphatic rings. The van der Waals surface area contributed by atoms with Gasteiger partial charge in [0.2, 0.25) is 0 Å². The van der Waals surface area contributed by atoms with Crippen molar-refractivity contribution in [2.24, 2.45) is 0 Å². The van der Waals surface area contributed by atoms with Crippen molar-refractivity contribution in [2.75, 3.05) is 0 Å². The molecule has 0 unspecified atom stereocenters. The SMILES string of the molecule is Cc1c(C)n(Cc2ccccc2F)c2c(OCc3ccc(F)cc3)ccnc12.Cl. The standard InChI is InChI=1S/C23H20F2N2O.ClH/c1-15-16(2)27(13-18-5-3-4-6-20(18)25)23-21(11-12-26-22(15)23)28-14-17-7-9-19(24)10-8-17;/h3-12H,13-14H2,1-2H3;1H. The maximum atomic E-state index is 14.2. The van der Waals surface area contributed by atoms with E-state index in [-0.39, 0.29) is 24.0 Å². The summed E-state index contributed by atoms with van der Waals surface area (Å²) in [5.41, 5.74) is 5.21. The minimum atomic E-state index is -0.278. The second kappa shape index (κ2) is 8.62. The number of aryl methyl sites for hydroxylation is 1. The number of hydrogen-bond acceptors (Lipinski definition) is 2. The number of hydrogen-bond donors (Lipinski definition) is 0. The Bertz CT molecular complexity index is 1140. The highest BCUT2D eigenvalue weighted by Gasteiger charge is 2.17. The van der Waals surface area contributed by atoms with Gasteiger partial charge in [-0.2, -0.15) is 0 Å². The summed E-state index contributed by atoms with van der Waals surface area (Å²) in [6.07, 6.45) is 1.71. The summed E-state index contributed by atoms with van der Waals surface area (Å²) in [6, 6.07) is 14.8. The number of rotatable bonds is 5. The van der Waals surface area contributed by atoms with E-state index < -0.39 is 0 Å². The summed E-state index contributed by atoms with van der Waals surface area (Å²) >= 11 is 0. The maximum Gasteiger partial charge on any atom is 0.147 e. The van der Waals surface area contributed by atoms with Crippen LogP contribution in [-0.4, -0.2) is 9.55 Å². The van der Waals surface area contributed by atoms with Crippen molar-refractivity contribution in [1.29, 1.82) is 0 Å². The van der Waals surface area contributed by atoms with Crippen LogP contribution in [-0.2, 0) is 13.2 Å². The summed E-state index contributed by atoms with van der Waals surface area (Å²) in [5.74, 6) is 0.154. The molecule has 0 radical (unpaired) electrons. The first kappa shape index (κ1) is 20.8. The highest BCUT2D eigenvalue weighted by molar-refractivity contribution is 5.86. The summed E-state index contributed by atoms with van der Waals surface area (Å²) in [6.45, 7) is 4.71. The van der Waals surface area contributed by atoms with Gasteiger partial charge in [0.25, 0.3) is 0 Å². The summed E-state index contributed by atoms with van der Waals surface area (Å²) < 4.78 is 35.4. The van der Waals surface area contributed by atoms with Crippen molar-refractivity contribution in [3.63, 3.8) is 0 Å². The van der Waals surface area contributed by atoms with Crippen molar-refractivity contribution < 1.29 is 13.5 Å². The summed E-state index contributed by atoms with van der Waals surface area (Å²) in [5, 5.41) is 0. The van der Waals surface area contributed by atoms with Gasteiger partial charge in [0.1, 0.15) is 29.5 Å². The van der Waals surface area contributed by atoms with Gasteiger partial charge < -0.3 is 9.30 Å². The lowest BCUT2D eigenvalue weighted by molar-refractivity contribution is 0.308. The van der Waals surface area contributed by atoms with E-state index in [9.17, 15) is 8.78 Å². The number of benzene rings is 2. The molecule has 2 heterocycles. The molecule has 3 nitrogen and oxygen atoms in total. The normalized spacial score (nSPS) is 10.8. The molecule has 150 valence electrons. The van der Waals surface area contributed by atoms with Gasteiger partial charge in [-0.05, 0) is 43.2 Å². The first-order valence-corrected chi connectivity index (χ1v) is 9.09. The molecule has 2 aromatic carbocycles. The number of pyridine rings is 1. The Balaban J connectivity index is 0.00000240. The van der Waals surface area contributed by atoms with Crippen molar-refractivity contribution >= 4 is 23.4 Å². The zero-order valence-corrected chi connectivity index (χ0v) is 17.0. The average Bonchev–Trinajstić information content (AvgIpc) is 2.95. The lowest BCUT2D eigenvalue weighted by Gasteiger charge is -2.13. The molecule has 4 rings (SSSR count). The van der Waals surface area contributed by atoms with E-state index in [2.05, 4.69) is 4.98 Å². The first-order valence-electron chi connectivity index (χ1n) is 9.09. The highest BCUT2D eigenvalue weighted by Crippen LogP contribution is 2.32. The van der Waals surface area contributed by atoms with E-state index in [1.165, 1.54) is 18.2 Å². The van der Waals surface area contributed by atoms with Crippen molar-refractivity contribution in [2.45, 2.75) is 27.0 Å². The van der Waals surface area contributed by atoms with Crippen molar-refractivity contribution in [3.8, 4) is 5.75 Å². The van der Waals surface area contributed by atoms with E-state index in [1.807, 2.05) is 30.5 Å². The molecule has 6 heteroatoms. The zero-order valence-electron chi connectivity index (χ0n) is 16.2. The van der Waals surface area contributed by atoms with Crippen LogP contribution in [0.3, 0.4) is 0 Å². The van der Waals surface area contributed by atoms with Crippen molar-refractivity contribution in [3.05, 3.63) is 94.8 Å². The van der Waals surface area contributed by atoms with Crippen LogP contribution in [0.5, 0.6) is 5.75 Å². The van der Waals surface area contributed by atoms with Gasteiger partial charge in [-0.15, -0.1) is 12.4 Å². The van der Waals surface area contributed by atoms with Crippen LogP contribution in [0.4, 0.5) is 8.78 Å². The molecular weight excluding hydrogens is 394 g/mol. The molecule has 0 saturated heterocycles. The molecule has 0 bridgehead atoms. The molecule has 0 aliphatic carbocycles. The molecular formula is C23H21ClF2N2O. The van der Waals surface area contributed by atoms with Crippen LogP contribution >= 0.6 is 12.4 Å². The van der Waals surface area contributed by atoms with Crippen LogP contribution in [0.1, 0.15) is 22.4 Å². The fourth-order valence-corrected chi connectivity index (χ4v) is 3.37. The predicted molar refractivity (Wildman–Crippen MR) is 113 cm³/mol. The average molecular weight is 415 g/mol. The molecule has 0 aliphatic heterocycles. The van der Waals surface area contributed by atoms with Gasteiger partial charge in [-0.25, -0.2) is 8.78 Å². The Hall–Kier alpha value is -2.92. The molecule has 2 aromatic heterocycles. The Morgan fingerprint density at radius 2 is 1.69 bits per heavy atom. The van der Waals surface area contributed by atoms with E-state index in [1.54, 1.807) is 30.5 Å². The summed E-state index contributed by atoms with van der Waals surface area (Å²) in [4.78, 5) is 4.51. The third-order valence-electron chi connectivity index (χ3n) is 5.05. The zero-order chi connectivity index (χ0) is 19.7. The van der Waals surface area contributed by atoms with E-state index in [0.717, 1.165) is 27.9 Å². The highest BCUT2D eigenvalue weighted by atomic mass is 35.5. The van der Waals surface area contributed by atoms with Gasteiger partial charge in [0.05, 0.1) is 12.1 Å². The van der Waals surface area contributed by atoms with E-state index >= 15 is 0 Å². The number of halogens is 3. The maximum absolute atomic E-state index is 14.2. The van der Waals surface area contributed by atoms with Crippen LogP contribution in [0.2, 0.25) is 0 Å². The number of fused-ring (bicyclic) bond motifs is 1. The third kappa shape index (κ3) is 4.10. The molecule has 0 atom stereocenters. The molecule has 0 saturated carbocycles. The van der Waals surface area contributed by atoms with Crippen molar-refractivity contribution in [1.82, 2.24) is 9.55 Å². The van der Waals surface area contributed by atoms with Gasteiger partial charge in [-0.3, -0.25) is 4.98 Å². The molecule has 0 amide bonds. The Morgan fingerprint density at radius 3 is 2.41 bits per heavy atom. The van der Waals surface area contributed by atoms with Gasteiger partial charge >= 0.3 is 0 Å². The van der Waals surface area contributed by atoms with Gasteiger partial charge in [0, 0.05) is 23.5 Å². The molecule has 29 heavy (non-hydrogen) atoms. The monoisotopic (exact) mass is 414 g/mol. The second-order valence-corrected chi connectivity index (χ2v) is 6.81. The van der Waals surface area contributed by atoms with Crippen LogP contribution in [0, 0.1) is 25.5 Å².